The molecule has 2 aromatic heterocycles. The van der Waals surface area contributed by atoms with Crippen molar-refractivity contribution >= 4 is 23.3 Å². The molecule has 29 heavy (non-hydrogen) atoms. The van der Waals surface area contributed by atoms with E-state index in [2.05, 4.69) is 15.2 Å². The maximum Gasteiger partial charge on any atom is 0.276 e. The van der Waals surface area contributed by atoms with E-state index < -0.39 is 0 Å². The summed E-state index contributed by atoms with van der Waals surface area (Å²) in [7, 11) is 5.03. The molecule has 0 bridgehead atoms. The molecule has 3 aromatic rings. The van der Waals surface area contributed by atoms with Gasteiger partial charge in [0.2, 0.25) is 17.1 Å². The molecule has 0 aliphatic carbocycles. The van der Waals surface area contributed by atoms with Crippen LogP contribution in [0.1, 0.15) is 16.4 Å². The standard InChI is InChI=1S/C18H19ClN6O4/c1-23-9-28-10-24(2)17(26)14-15(23)20-18(19)25(14)8-13-21-22-16(29-13)11-4-6-12(27-3)7-5-11/h4-7H,8-10H2,1-3H3. The first-order chi connectivity index (χ1) is 14.0. The molecule has 10 nitrogen and oxygen atoms in total. The molecule has 0 atom stereocenters. The van der Waals surface area contributed by atoms with Gasteiger partial charge >= 0.3 is 0 Å². The Kier molecular flexibility index (Phi) is 5.12. The van der Waals surface area contributed by atoms with Crippen molar-refractivity contribution in [3.05, 3.63) is 41.1 Å². The summed E-state index contributed by atoms with van der Waals surface area (Å²) < 4.78 is 17.9. The van der Waals surface area contributed by atoms with E-state index in [0.717, 1.165) is 11.3 Å². The fraction of sp³-hybridized carbons (Fsp3) is 0.333. The number of aromatic nitrogens is 4. The number of nitrogens with zero attached hydrogens (tertiary/aromatic N) is 6. The number of methoxy groups -OCH3 is 1. The largest absolute Gasteiger partial charge is 0.497 e. The first-order valence-electron chi connectivity index (χ1n) is 8.75. The molecule has 1 aliphatic heterocycles. The average Bonchev–Trinajstić information content (AvgIpc) is 3.32. The van der Waals surface area contributed by atoms with E-state index in [1.807, 2.05) is 12.1 Å². The lowest BCUT2D eigenvalue weighted by Gasteiger charge is -2.26. The van der Waals surface area contributed by atoms with Crippen molar-refractivity contribution < 1.29 is 18.7 Å². The van der Waals surface area contributed by atoms with Crippen LogP contribution in [0.3, 0.4) is 0 Å². The molecule has 1 aromatic carbocycles. The normalized spacial score (nSPS) is 14.6. The van der Waals surface area contributed by atoms with Crippen LogP contribution in [0.15, 0.2) is 28.7 Å². The van der Waals surface area contributed by atoms with Gasteiger partial charge in [0, 0.05) is 19.7 Å². The van der Waals surface area contributed by atoms with E-state index in [1.54, 1.807) is 42.8 Å². The third-order valence-electron chi connectivity index (χ3n) is 4.48. The number of carbonyl (C=O) groups excluding carboxylic acids is 1. The number of carbonyl (C=O) groups is 1. The van der Waals surface area contributed by atoms with E-state index in [4.69, 9.17) is 25.5 Å². The molecule has 0 unspecified atom stereocenters. The van der Waals surface area contributed by atoms with Crippen LogP contribution in [-0.4, -0.2) is 65.2 Å². The second kappa shape index (κ2) is 7.72. The van der Waals surface area contributed by atoms with Crippen molar-refractivity contribution in [2.24, 2.45) is 0 Å². The van der Waals surface area contributed by atoms with Gasteiger partial charge in [0.15, 0.2) is 11.5 Å². The van der Waals surface area contributed by atoms with Crippen molar-refractivity contribution in [1.29, 1.82) is 0 Å². The van der Waals surface area contributed by atoms with E-state index in [0.29, 0.717) is 23.3 Å². The lowest BCUT2D eigenvalue weighted by atomic mass is 10.2. The first kappa shape index (κ1) is 19.2. The minimum Gasteiger partial charge on any atom is -0.497 e. The third-order valence-corrected chi connectivity index (χ3v) is 4.77. The molecule has 0 saturated carbocycles. The van der Waals surface area contributed by atoms with Crippen LogP contribution in [0.25, 0.3) is 11.5 Å². The highest BCUT2D eigenvalue weighted by molar-refractivity contribution is 6.29. The molecule has 1 amide bonds. The zero-order valence-corrected chi connectivity index (χ0v) is 16.9. The highest BCUT2D eigenvalue weighted by atomic mass is 35.5. The predicted molar refractivity (Wildman–Crippen MR) is 104 cm³/mol. The molecule has 0 fully saturated rings. The lowest BCUT2D eigenvalue weighted by Crippen LogP contribution is -2.37. The Balaban J connectivity index is 1.66. The van der Waals surface area contributed by atoms with Crippen LogP contribution in [-0.2, 0) is 11.3 Å². The van der Waals surface area contributed by atoms with Gasteiger partial charge in [-0.15, -0.1) is 10.2 Å². The highest BCUT2D eigenvalue weighted by Crippen LogP contribution is 2.28. The number of anilines is 1. The molecular formula is C18H19ClN6O4. The van der Waals surface area contributed by atoms with Crippen LogP contribution in [0.2, 0.25) is 5.28 Å². The first-order valence-corrected chi connectivity index (χ1v) is 9.13. The van der Waals surface area contributed by atoms with E-state index in [9.17, 15) is 4.79 Å². The summed E-state index contributed by atoms with van der Waals surface area (Å²) >= 11 is 6.34. The molecule has 0 saturated heterocycles. The van der Waals surface area contributed by atoms with Gasteiger partial charge < -0.3 is 23.7 Å². The Labute approximate surface area is 171 Å². The topological polar surface area (TPSA) is 98.8 Å². The quantitative estimate of drug-likeness (QED) is 0.635. The summed E-state index contributed by atoms with van der Waals surface area (Å²) in [6.45, 7) is 0.548. The second-order valence-corrected chi connectivity index (χ2v) is 6.87. The molecule has 152 valence electrons. The number of fused-ring (bicyclic) bond motifs is 1. The molecular weight excluding hydrogens is 400 g/mol. The Morgan fingerprint density at radius 1 is 1.14 bits per heavy atom. The molecule has 0 radical (unpaired) electrons. The van der Waals surface area contributed by atoms with Crippen molar-refractivity contribution in [3.63, 3.8) is 0 Å². The fourth-order valence-corrected chi connectivity index (χ4v) is 3.18. The van der Waals surface area contributed by atoms with Crippen LogP contribution >= 0.6 is 11.6 Å². The van der Waals surface area contributed by atoms with Crippen molar-refractivity contribution in [2.45, 2.75) is 6.54 Å². The second-order valence-electron chi connectivity index (χ2n) is 6.53. The third kappa shape index (κ3) is 3.64. The number of rotatable bonds is 4. The molecule has 4 rings (SSSR count). The van der Waals surface area contributed by atoms with Crippen molar-refractivity contribution in [2.75, 3.05) is 39.6 Å². The zero-order chi connectivity index (χ0) is 20.5. The molecule has 1 aliphatic rings. The van der Waals surface area contributed by atoms with Crippen LogP contribution in [0, 0.1) is 0 Å². The van der Waals surface area contributed by atoms with E-state index in [-0.39, 0.29) is 31.2 Å². The summed E-state index contributed by atoms with van der Waals surface area (Å²) in [5.74, 6) is 1.56. The molecule has 0 spiro atoms. The Bertz CT molecular complexity index is 1030. The van der Waals surface area contributed by atoms with Crippen LogP contribution in [0.4, 0.5) is 5.82 Å². The number of halogens is 1. The van der Waals surface area contributed by atoms with Gasteiger partial charge in [-0.05, 0) is 35.9 Å². The monoisotopic (exact) mass is 418 g/mol. The van der Waals surface area contributed by atoms with Gasteiger partial charge in [0.1, 0.15) is 25.8 Å². The van der Waals surface area contributed by atoms with Gasteiger partial charge in [-0.1, -0.05) is 0 Å². The number of hydrogen-bond donors (Lipinski definition) is 0. The Hall–Kier alpha value is -3.11. The van der Waals surface area contributed by atoms with Gasteiger partial charge in [-0.2, -0.15) is 4.98 Å². The number of ether oxygens (including phenoxy) is 2. The lowest BCUT2D eigenvalue weighted by molar-refractivity contribution is 0.0312. The predicted octanol–water partition coefficient (Wildman–Crippen LogP) is 2.10. The number of amides is 1. The molecule has 0 N–H and O–H groups in total. The van der Waals surface area contributed by atoms with Gasteiger partial charge in [0.05, 0.1) is 7.11 Å². The van der Waals surface area contributed by atoms with E-state index >= 15 is 0 Å². The smallest absolute Gasteiger partial charge is 0.276 e. The average molecular weight is 419 g/mol. The number of benzene rings is 1. The number of hydrogen-bond acceptors (Lipinski definition) is 8. The maximum absolute atomic E-state index is 12.9. The Morgan fingerprint density at radius 3 is 2.59 bits per heavy atom. The summed E-state index contributed by atoms with van der Waals surface area (Å²) in [4.78, 5) is 20.4. The molecule has 3 heterocycles. The maximum atomic E-state index is 12.9. The minimum absolute atomic E-state index is 0.110. The number of imidazole rings is 1. The fourth-order valence-electron chi connectivity index (χ4n) is 2.95. The minimum atomic E-state index is -0.263. The summed E-state index contributed by atoms with van der Waals surface area (Å²) in [5.41, 5.74) is 1.09. The van der Waals surface area contributed by atoms with Crippen molar-refractivity contribution in [3.8, 4) is 17.2 Å². The van der Waals surface area contributed by atoms with E-state index in [1.165, 1.54) is 4.90 Å². The van der Waals surface area contributed by atoms with Crippen LogP contribution in [0.5, 0.6) is 5.75 Å². The molecule has 11 heteroatoms. The Morgan fingerprint density at radius 2 is 1.86 bits per heavy atom. The van der Waals surface area contributed by atoms with Gasteiger partial charge in [-0.25, -0.2) is 0 Å². The summed E-state index contributed by atoms with van der Waals surface area (Å²) in [5, 5.41) is 8.32. The summed E-state index contributed by atoms with van der Waals surface area (Å²) in [6.07, 6.45) is 0. The SMILES string of the molecule is COc1ccc(-c2nnc(Cn3c(Cl)nc4c3C(=O)N(C)COCN4C)o2)cc1. The van der Waals surface area contributed by atoms with Crippen molar-refractivity contribution in [1.82, 2.24) is 24.6 Å². The van der Waals surface area contributed by atoms with Crippen LogP contribution < -0.4 is 9.64 Å². The zero-order valence-electron chi connectivity index (χ0n) is 16.1. The highest BCUT2D eigenvalue weighted by Gasteiger charge is 2.30. The van der Waals surface area contributed by atoms with Gasteiger partial charge in [0.25, 0.3) is 5.91 Å². The van der Waals surface area contributed by atoms with Gasteiger partial charge in [-0.3, -0.25) is 9.36 Å². The summed E-state index contributed by atoms with van der Waals surface area (Å²) in [6, 6.07) is 7.26.